The highest BCUT2D eigenvalue weighted by molar-refractivity contribution is 7.93. The summed E-state index contributed by atoms with van der Waals surface area (Å²) in [4.78, 5) is 0.120. The van der Waals surface area contributed by atoms with E-state index in [1.807, 2.05) is 20.8 Å². The van der Waals surface area contributed by atoms with E-state index in [4.69, 9.17) is 11.6 Å². The van der Waals surface area contributed by atoms with Crippen molar-refractivity contribution in [1.82, 2.24) is 0 Å². The van der Waals surface area contributed by atoms with Gasteiger partial charge in [-0.1, -0.05) is 50.6 Å². The number of hydrogen-bond donors (Lipinski definition) is 2. The zero-order valence-corrected chi connectivity index (χ0v) is 20.6. The maximum Gasteiger partial charge on any atom is 0.261 e. The van der Waals surface area contributed by atoms with E-state index in [2.05, 4.69) is 9.44 Å². The first-order chi connectivity index (χ1) is 14.8. The van der Waals surface area contributed by atoms with Crippen molar-refractivity contribution in [2.45, 2.75) is 42.9 Å². The van der Waals surface area contributed by atoms with Crippen LogP contribution in [-0.2, 0) is 25.5 Å². The molecule has 0 saturated heterocycles. The fourth-order valence-electron chi connectivity index (χ4n) is 2.97. The number of sulfonamides is 2. The van der Waals surface area contributed by atoms with Crippen LogP contribution in [0.3, 0.4) is 0 Å². The van der Waals surface area contributed by atoms with E-state index in [9.17, 15) is 16.8 Å². The van der Waals surface area contributed by atoms with Crippen LogP contribution in [0.5, 0.6) is 0 Å². The highest BCUT2D eigenvalue weighted by atomic mass is 35.5. The van der Waals surface area contributed by atoms with E-state index in [1.54, 1.807) is 49.4 Å². The summed E-state index contributed by atoms with van der Waals surface area (Å²) in [6.07, 6.45) is 0. The molecule has 3 rings (SSSR count). The van der Waals surface area contributed by atoms with Crippen LogP contribution in [0.1, 0.15) is 31.9 Å². The molecule has 0 aliphatic carbocycles. The van der Waals surface area contributed by atoms with Gasteiger partial charge in [0.2, 0.25) is 0 Å². The molecule has 6 nitrogen and oxygen atoms in total. The molecule has 0 atom stereocenters. The fraction of sp³-hybridized carbons (Fsp3) is 0.217. The van der Waals surface area contributed by atoms with E-state index in [1.165, 1.54) is 24.3 Å². The van der Waals surface area contributed by atoms with Gasteiger partial charge in [0.1, 0.15) is 0 Å². The molecule has 0 aliphatic rings. The van der Waals surface area contributed by atoms with Crippen molar-refractivity contribution in [2.24, 2.45) is 0 Å². The van der Waals surface area contributed by atoms with Crippen molar-refractivity contribution < 1.29 is 16.8 Å². The SMILES string of the molecule is Cc1c(Cl)cccc1NS(=O)(=O)c1ccc(NS(=O)(=O)c2ccc(C(C)(C)C)cc2)cc1. The number of hydrogen-bond acceptors (Lipinski definition) is 4. The van der Waals surface area contributed by atoms with Crippen LogP contribution < -0.4 is 9.44 Å². The highest BCUT2D eigenvalue weighted by Crippen LogP contribution is 2.27. The average Bonchev–Trinajstić information content (AvgIpc) is 2.71. The lowest BCUT2D eigenvalue weighted by Gasteiger charge is -2.19. The van der Waals surface area contributed by atoms with Crippen LogP contribution in [-0.4, -0.2) is 16.8 Å². The first-order valence-electron chi connectivity index (χ1n) is 9.81. The molecule has 3 aromatic carbocycles. The van der Waals surface area contributed by atoms with Gasteiger partial charge in [0.25, 0.3) is 20.0 Å². The van der Waals surface area contributed by atoms with Crippen LogP contribution in [0.15, 0.2) is 76.5 Å². The lowest BCUT2D eigenvalue weighted by Crippen LogP contribution is -2.16. The summed E-state index contributed by atoms with van der Waals surface area (Å²) < 4.78 is 55.8. The van der Waals surface area contributed by atoms with Crippen molar-refractivity contribution in [1.29, 1.82) is 0 Å². The largest absolute Gasteiger partial charge is 0.280 e. The Hall–Kier alpha value is -2.55. The van der Waals surface area contributed by atoms with Gasteiger partial charge in [0, 0.05) is 10.7 Å². The van der Waals surface area contributed by atoms with Gasteiger partial charge in [0.15, 0.2) is 0 Å². The second kappa shape index (κ2) is 8.77. The van der Waals surface area contributed by atoms with E-state index in [-0.39, 0.29) is 20.9 Å². The minimum Gasteiger partial charge on any atom is -0.280 e. The molecule has 0 amide bonds. The van der Waals surface area contributed by atoms with Crippen LogP contribution >= 0.6 is 11.6 Å². The molecule has 0 spiro atoms. The molecule has 32 heavy (non-hydrogen) atoms. The van der Waals surface area contributed by atoms with E-state index < -0.39 is 20.0 Å². The Bertz CT molecular complexity index is 1330. The van der Waals surface area contributed by atoms with Gasteiger partial charge in [-0.3, -0.25) is 9.44 Å². The third-order valence-electron chi connectivity index (χ3n) is 4.96. The van der Waals surface area contributed by atoms with Gasteiger partial charge in [0.05, 0.1) is 15.5 Å². The van der Waals surface area contributed by atoms with Gasteiger partial charge >= 0.3 is 0 Å². The number of halogens is 1. The van der Waals surface area contributed by atoms with E-state index in [0.717, 1.165) is 5.56 Å². The quantitative estimate of drug-likeness (QED) is 0.472. The first kappa shape index (κ1) is 24.1. The van der Waals surface area contributed by atoms with Crippen molar-refractivity contribution in [3.05, 3.63) is 82.9 Å². The maximum atomic E-state index is 12.7. The Labute approximate surface area is 194 Å². The molecule has 0 aliphatic heterocycles. The number of rotatable bonds is 6. The van der Waals surface area contributed by atoms with Gasteiger partial charge < -0.3 is 0 Å². The Morgan fingerprint density at radius 3 is 1.75 bits per heavy atom. The van der Waals surface area contributed by atoms with Crippen molar-refractivity contribution >= 4 is 43.0 Å². The summed E-state index contributed by atoms with van der Waals surface area (Å²) >= 11 is 6.05. The summed E-state index contributed by atoms with van der Waals surface area (Å²) in [6.45, 7) is 7.86. The Morgan fingerprint density at radius 1 is 0.719 bits per heavy atom. The zero-order valence-electron chi connectivity index (χ0n) is 18.2. The molecule has 0 bridgehead atoms. The predicted octanol–water partition coefficient (Wildman–Crippen LogP) is 5.55. The van der Waals surface area contributed by atoms with Crippen LogP contribution in [0.4, 0.5) is 11.4 Å². The summed E-state index contributed by atoms with van der Waals surface area (Å²) in [6, 6.07) is 17.1. The molecule has 0 aromatic heterocycles. The molecule has 9 heteroatoms. The fourth-order valence-corrected chi connectivity index (χ4v) is 5.33. The van der Waals surface area contributed by atoms with Gasteiger partial charge in [-0.25, -0.2) is 16.8 Å². The smallest absolute Gasteiger partial charge is 0.261 e. The number of benzene rings is 3. The number of nitrogens with one attached hydrogen (secondary N) is 2. The molecule has 170 valence electrons. The van der Waals surface area contributed by atoms with Gasteiger partial charge in [-0.05, 0) is 72.0 Å². The first-order valence-corrected chi connectivity index (χ1v) is 13.2. The standard InChI is InChI=1S/C23H25ClN2O4S2/c1-16-21(24)6-5-7-22(16)26-32(29,30)20-14-10-18(11-15-20)25-31(27,28)19-12-8-17(9-13-19)23(2,3)4/h5-15,25-26H,1-4H3. The van der Waals surface area contributed by atoms with Crippen molar-refractivity contribution in [3.8, 4) is 0 Å². The Morgan fingerprint density at radius 2 is 1.22 bits per heavy atom. The molecular weight excluding hydrogens is 468 g/mol. The van der Waals surface area contributed by atoms with Crippen LogP contribution in [0.25, 0.3) is 0 Å². The van der Waals surface area contributed by atoms with E-state index >= 15 is 0 Å². The third-order valence-corrected chi connectivity index (χ3v) is 8.15. The lowest BCUT2D eigenvalue weighted by molar-refractivity contribution is 0.587. The molecule has 2 N–H and O–H groups in total. The molecule has 0 fully saturated rings. The summed E-state index contributed by atoms with van der Waals surface area (Å²) in [5.74, 6) is 0. The summed E-state index contributed by atoms with van der Waals surface area (Å²) in [7, 11) is -7.68. The normalized spacial score (nSPS) is 12.4. The van der Waals surface area contributed by atoms with Gasteiger partial charge in [-0.2, -0.15) is 0 Å². The predicted molar refractivity (Wildman–Crippen MR) is 129 cm³/mol. The highest BCUT2D eigenvalue weighted by Gasteiger charge is 2.19. The lowest BCUT2D eigenvalue weighted by atomic mass is 9.87. The van der Waals surface area contributed by atoms with Crippen molar-refractivity contribution in [3.63, 3.8) is 0 Å². The molecule has 3 aromatic rings. The molecule has 0 unspecified atom stereocenters. The monoisotopic (exact) mass is 492 g/mol. The Kier molecular flexibility index (Phi) is 6.60. The Balaban J connectivity index is 1.78. The minimum absolute atomic E-state index is 0.00523. The van der Waals surface area contributed by atoms with Crippen LogP contribution in [0, 0.1) is 6.92 Å². The second-order valence-corrected chi connectivity index (χ2v) is 12.2. The average molecular weight is 493 g/mol. The molecular formula is C23H25ClN2O4S2. The third kappa shape index (κ3) is 5.43. The summed E-state index contributed by atoms with van der Waals surface area (Å²) in [5, 5.41) is 0.450. The van der Waals surface area contributed by atoms with Crippen LogP contribution in [0.2, 0.25) is 5.02 Å². The zero-order chi connectivity index (χ0) is 23.7. The van der Waals surface area contributed by atoms with E-state index in [0.29, 0.717) is 16.3 Å². The molecule has 0 heterocycles. The second-order valence-electron chi connectivity index (χ2n) is 8.42. The molecule has 0 saturated carbocycles. The summed E-state index contributed by atoms with van der Waals surface area (Å²) in [5.41, 5.74) is 2.17. The molecule has 0 radical (unpaired) electrons. The number of anilines is 2. The maximum absolute atomic E-state index is 12.7. The van der Waals surface area contributed by atoms with Crippen molar-refractivity contribution in [2.75, 3.05) is 9.44 Å². The minimum atomic E-state index is -3.87. The topological polar surface area (TPSA) is 92.3 Å². The van der Waals surface area contributed by atoms with Gasteiger partial charge in [-0.15, -0.1) is 0 Å².